The average molecular weight is 354 g/mol. The van der Waals surface area contributed by atoms with E-state index in [-0.39, 0.29) is 26.8 Å². The molecule has 0 aliphatic carbocycles. The summed E-state index contributed by atoms with van der Waals surface area (Å²) in [7, 11) is -3.94. The molecular formula is C10H7Cl3N4O2S. The van der Waals surface area contributed by atoms with Crippen molar-refractivity contribution in [2.45, 2.75) is 4.90 Å². The van der Waals surface area contributed by atoms with E-state index in [4.69, 9.17) is 40.5 Å². The summed E-state index contributed by atoms with van der Waals surface area (Å²) >= 11 is 17.0. The third-order valence-electron chi connectivity index (χ3n) is 2.17. The normalized spacial score (nSPS) is 11.3. The van der Waals surface area contributed by atoms with E-state index in [0.29, 0.717) is 5.02 Å². The van der Waals surface area contributed by atoms with Crippen LogP contribution in [0.1, 0.15) is 0 Å². The first-order chi connectivity index (χ1) is 9.28. The maximum Gasteiger partial charge on any atom is 0.265 e. The van der Waals surface area contributed by atoms with Gasteiger partial charge >= 0.3 is 0 Å². The molecule has 0 aliphatic rings. The van der Waals surface area contributed by atoms with Gasteiger partial charge in [0.05, 0.1) is 5.69 Å². The minimum absolute atomic E-state index is 0.00628. The molecule has 1 heterocycles. The Kier molecular flexibility index (Phi) is 4.24. The van der Waals surface area contributed by atoms with Gasteiger partial charge in [0, 0.05) is 11.1 Å². The van der Waals surface area contributed by atoms with Crippen molar-refractivity contribution in [2.75, 3.05) is 10.5 Å². The van der Waals surface area contributed by atoms with Gasteiger partial charge < -0.3 is 5.73 Å². The second kappa shape index (κ2) is 5.61. The lowest BCUT2D eigenvalue weighted by Crippen LogP contribution is -2.15. The lowest BCUT2D eigenvalue weighted by Gasteiger charge is -2.10. The summed E-state index contributed by atoms with van der Waals surface area (Å²) in [5.41, 5.74) is 5.64. The molecule has 0 aliphatic heterocycles. The highest BCUT2D eigenvalue weighted by Gasteiger charge is 2.19. The first-order valence-corrected chi connectivity index (χ1v) is 7.67. The van der Waals surface area contributed by atoms with Gasteiger partial charge in [-0.05, 0) is 29.8 Å². The molecule has 0 saturated heterocycles. The SMILES string of the molecule is Nc1cc(Cl)ccc1S(=O)(=O)Nc1cc(Cl)nc(Cl)n1. The largest absolute Gasteiger partial charge is 0.398 e. The molecule has 1 aromatic carbocycles. The Labute approximate surface area is 129 Å². The van der Waals surface area contributed by atoms with Gasteiger partial charge in [-0.25, -0.2) is 13.4 Å². The van der Waals surface area contributed by atoms with E-state index in [1.165, 1.54) is 24.3 Å². The fourth-order valence-corrected chi connectivity index (χ4v) is 3.09. The van der Waals surface area contributed by atoms with Crippen LogP contribution in [0.2, 0.25) is 15.5 Å². The number of halogens is 3. The topological polar surface area (TPSA) is 98.0 Å². The molecule has 20 heavy (non-hydrogen) atoms. The van der Waals surface area contributed by atoms with Gasteiger partial charge in [-0.1, -0.05) is 23.2 Å². The molecule has 0 radical (unpaired) electrons. The van der Waals surface area contributed by atoms with Crippen LogP contribution >= 0.6 is 34.8 Å². The molecule has 0 atom stereocenters. The van der Waals surface area contributed by atoms with E-state index in [1.54, 1.807) is 0 Å². The van der Waals surface area contributed by atoms with E-state index in [1.807, 2.05) is 0 Å². The smallest absolute Gasteiger partial charge is 0.265 e. The number of nitrogens with two attached hydrogens (primary N) is 1. The number of nitrogens with zero attached hydrogens (tertiary/aromatic N) is 2. The molecule has 3 N–H and O–H groups in total. The Morgan fingerprint density at radius 1 is 1.10 bits per heavy atom. The Balaban J connectivity index is 2.40. The number of rotatable bonds is 3. The van der Waals surface area contributed by atoms with Crippen molar-refractivity contribution >= 4 is 56.3 Å². The van der Waals surface area contributed by atoms with Crippen LogP contribution in [0.15, 0.2) is 29.2 Å². The highest BCUT2D eigenvalue weighted by molar-refractivity contribution is 7.92. The number of sulfonamides is 1. The molecule has 0 fully saturated rings. The van der Waals surface area contributed by atoms with E-state index in [0.717, 1.165) is 0 Å². The Bertz CT molecular complexity index is 747. The van der Waals surface area contributed by atoms with Gasteiger partial charge in [0.15, 0.2) is 0 Å². The summed E-state index contributed by atoms with van der Waals surface area (Å²) in [4.78, 5) is 7.18. The fraction of sp³-hybridized carbons (Fsp3) is 0. The first kappa shape index (κ1) is 15.1. The Morgan fingerprint density at radius 2 is 1.80 bits per heavy atom. The molecule has 0 bridgehead atoms. The second-order valence-electron chi connectivity index (χ2n) is 3.63. The van der Waals surface area contributed by atoms with Crippen molar-refractivity contribution in [3.05, 3.63) is 39.7 Å². The minimum Gasteiger partial charge on any atom is -0.398 e. The van der Waals surface area contributed by atoms with Crippen LogP contribution in [0.4, 0.5) is 11.5 Å². The summed E-state index contributed by atoms with van der Waals surface area (Å²) in [5, 5.41) is 0.153. The number of aromatic nitrogens is 2. The molecule has 0 amide bonds. The monoisotopic (exact) mass is 352 g/mol. The van der Waals surface area contributed by atoms with E-state index >= 15 is 0 Å². The molecule has 6 nitrogen and oxygen atoms in total. The molecule has 10 heteroatoms. The third kappa shape index (κ3) is 3.43. The van der Waals surface area contributed by atoms with Crippen LogP contribution in [0, 0.1) is 0 Å². The van der Waals surface area contributed by atoms with E-state index in [9.17, 15) is 8.42 Å². The zero-order chi connectivity index (χ0) is 14.9. The molecule has 0 spiro atoms. The zero-order valence-electron chi connectivity index (χ0n) is 9.64. The van der Waals surface area contributed by atoms with Crippen LogP contribution in [-0.2, 0) is 10.0 Å². The predicted molar refractivity (Wildman–Crippen MR) is 78.7 cm³/mol. The quantitative estimate of drug-likeness (QED) is 0.502. The third-order valence-corrected chi connectivity index (χ3v) is 4.19. The van der Waals surface area contributed by atoms with Crippen molar-refractivity contribution in [3.8, 4) is 0 Å². The minimum atomic E-state index is -3.94. The van der Waals surface area contributed by atoms with Crippen molar-refractivity contribution in [1.82, 2.24) is 9.97 Å². The van der Waals surface area contributed by atoms with Crippen molar-refractivity contribution < 1.29 is 8.42 Å². The van der Waals surface area contributed by atoms with Crippen LogP contribution in [0.5, 0.6) is 0 Å². The van der Waals surface area contributed by atoms with Crippen LogP contribution < -0.4 is 10.5 Å². The number of benzene rings is 1. The van der Waals surface area contributed by atoms with Crippen molar-refractivity contribution in [1.29, 1.82) is 0 Å². The van der Waals surface area contributed by atoms with Gasteiger partial charge in [0.25, 0.3) is 10.0 Å². The van der Waals surface area contributed by atoms with E-state index < -0.39 is 10.0 Å². The number of anilines is 2. The number of hydrogen-bond acceptors (Lipinski definition) is 5. The predicted octanol–water partition coefficient (Wildman–Crippen LogP) is 2.82. The zero-order valence-corrected chi connectivity index (χ0v) is 12.7. The van der Waals surface area contributed by atoms with Gasteiger partial charge in [-0.2, -0.15) is 4.98 Å². The highest BCUT2D eigenvalue weighted by Crippen LogP contribution is 2.25. The van der Waals surface area contributed by atoms with Crippen LogP contribution in [0.25, 0.3) is 0 Å². The van der Waals surface area contributed by atoms with E-state index in [2.05, 4.69) is 14.7 Å². The maximum absolute atomic E-state index is 12.2. The second-order valence-corrected chi connectivity index (χ2v) is 6.45. The van der Waals surface area contributed by atoms with Crippen molar-refractivity contribution in [3.63, 3.8) is 0 Å². The lowest BCUT2D eigenvalue weighted by molar-refractivity contribution is 0.601. The summed E-state index contributed by atoms with van der Waals surface area (Å²) in [6, 6.07) is 5.24. The fourth-order valence-electron chi connectivity index (χ4n) is 1.40. The summed E-state index contributed by atoms with van der Waals surface area (Å²) in [5.74, 6) is -0.0654. The maximum atomic E-state index is 12.2. The summed E-state index contributed by atoms with van der Waals surface area (Å²) < 4.78 is 26.6. The van der Waals surface area contributed by atoms with Gasteiger partial charge in [-0.3, -0.25) is 4.72 Å². The standard InChI is InChI=1S/C10H7Cl3N4O2S/c11-5-1-2-7(6(14)3-5)20(18,19)17-9-4-8(12)15-10(13)16-9/h1-4H,14H2,(H,15,16,17). The summed E-state index contributed by atoms with van der Waals surface area (Å²) in [6.07, 6.45) is 0. The average Bonchev–Trinajstić information content (AvgIpc) is 2.25. The van der Waals surface area contributed by atoms with Crippen LogP contribution in [-0.4, -0.2) is 18.4 Å². The molecule has 106 valence electrons. The molecule has 2 rings (SSSR count). The van der Waals surface area contributed by atoms with Crippen molar-refractivity contribution in [2.24, 2.45) is 0 Å². The van der Waals surface area contributed by atoms with Gasteiger partial charge in [0.1, 0.15) is 15.9 Å². The first-order valence-electron chi connectivity index (χ1n) is 5.06. The molecule has 1 aromatic heterocycles. The van der Waals surface area contributed by atoms with Gasteiger partial charge in [-0.15, -0.1) is 0 Å². The Hall–Kier alpha value is -1.28. The summed E-state index contributed by atoms with van der Waals surface area (Å²) in [6.45, 7) is 0. The Morgan fingerprint density at radius 3 is 2.40 bits per heavy atom. The molecule has 2 aromatic rings. The number of hydrogen-bond donors (Lipinski definition) is 2. The van der Waals surface area contributed by atoms with Gasteiger partial charge in [0.2, 0.25) is 5.28 Å². The molecule has 0 saturated carbocycles. The molecular weight excluding hydrogens is 347 g/mol. The molecule has 0 unspecified atom stereocenters. The number of nitrogen functional groups attached to an aromatic ring is 1. The lowest BCUT2D eigenvalue weighted by atomic mass is 10.3. The van der Waals surface area contributed by atoms with Crippen LogP contribution in [0.3, 0.4) is 0 Å². The number of nitrogens with one attached hydrogen (secondary N) is 1. The highest BCUT2D eigenvalue weighted by atomic mass is 35.5.